The summed E-state index contributed by atoms with van der Waals surface area (Å²) in [5.41, 5.74) is 6.45. The van der Waals surface area contributed by atoms with E-state index in [1.165, 1.54) is 0 Å². The van der Waals surface area contributed by atoms with Crippen molar-refractivity contribution in [2.24, 2.45) is 5.73 Å². The number of rotatable bonds is 5. The number of carbonyl (C=O) groups excluding carboxylic acids is 1. The Bertz CT molecular complexity index is 709. The molecular formula is C17H18N2O4S. The first-order valence-corrected chi connectivity index (χ1v) is 7.71. The molecule has 0 aliphatic carbocycles. The number of nitrogens with zero attached hydrogens (tertiary/aromatic N) is 1. The number of nitrogens with two attached hydrogens (primary N) is 1. The molecule has 0 amide bonds. The van der Waals surface area contributed by atoms with Crippen molar-refractivity contribution in [3.8, 4) is 5.75 Å². The first-order valence-electron chi connectivity index (χ1n) is 7.30. The standard InChI is InChI=1S/C17H18N2O4S/c1-2-22-14-11-7-6-10-13(14)19(17(18)24)23-16(21)15(20)12-8-4-3-5-9-12/h3-11,15,20H,2H2,1H3,(H2,18,24). The van der Waals surface area contributed by atoms with Crippen molar-refractivity contribution >= 4 is 29.0 Å². The SMILES string of the molecule is CCOc1ccccc1N(OC(=O)C(O)c1ccccc1)C(N)=S. The van der Waals surface area contributed by atoms with Gasteiger partial charge in [-0.3, -0.25) is 0 Å². The van der Waals surface area contributed by atoms with Gasteiger partial charge in [0.2, 0.25) is 5.11 Å². The summed E-state index contributed by atoms with van der Waals surface area (Å²) in [5, 5.41) is 10.9. The lowest BCUT2D eigenvalue weighted by Crippen LogP contribution is -2.39. The van der Waals surface area contributed by atoms with Gasteiger partial charge in [-0.1, -0.05) is 42.5 Å². The zero-order valence-electron chi connectivity index (χ0n) is 13.1. The predicted molar refractivity (Wildman–Crippen MR) is 94.4 cm³/mol. The van der Waals surface area contributed by atoms with E-state index in [1.807, 2.05) is 6.92 Å². The average Bonchev–Trinajstić information content (AvgIpc) is 2.60. The van der Waals surface area contributed by atoms with Crippen LogP contribution in [0.25, 0.3) is 0 Å². The highest BCUT2D eigenvalue weighted by atomic mass is 32.1. The monoisotopic (exact) mass is 346 g/mol. The van der Waals surface area contributed by atoms with E-state index in [0.717, 1.165) is 5.06 Å². The molecule has 2 aromatic rings. The minimum atomic E-state index is -1.46. The number of carbonyl (C=O) groups is 1. The number of para-hydroxylation sites is 2. The Kier molecular flexibility index (Phi) is 6.11. The smallest absolute Gasteiger partial charge is 0.365 e. The third-order valence-corrected chi connectivity index (χ3v) is 3.27. The highest BCUT2D eigenvalue weighted by Gasteiger charge is 2.25. The van der Waals surface area contributed by atoms with Gasteiger partial charge in [0.25, 0.3) is 0 Å². The summed E-state index contributed by atoms with van der Waals surface area (Å²) in [6, 6.07) is 15.3. The second-order valence-electron chi connectivity index (χ2n) is 4.76. The van der Waals surface area contributed by atoms with Crippen LogP contribution in [-0.2, 0) is 9.63 Å². The van der Waals surface area contributed by atoms with Gasteiger partial charge in [0.05, 0.1) is 6.61 Å². The third kappa shape index (κ3) is 4.21. The molecule has 0 aliphatic rings. The van der Waals surface area contributed by atoms with Crippen LogP contribution < -0.4 is 15.5 Å². The van der Waals surface area contributed by atoms with Crippen molar-refractivity contribution in [2.45, 2.75) is 13.0 Å². The van der Waals surface area contributed by atoms with Crippen molar-refractivity contribution in [3.63, 3.8) is 0 Å². The summed E-state index contributed by atoms with van der Waals surface area (Å²) in [6.07, 6.45) is -1.46. The molecule has 0 spiro atoms. The number of aliphatic hydroxyl groups is 1. The number of anilines is 1. The molecule has 2 aromatic carbocycles. The number of hydroxylamine groups is 1. The molecule has 0 fully saturated rings. The van der Waals surface area contributed by atoms with E-state index in [1.54, 1.807) is 54.6 Å². The van der Waals surface area contributed by atoms with Crippen molar-refractivity contribution in [1.82, 2.24) is 0 Å². The second kappa shape index (κ2) is 8.28. The lowest BCUT2D eigenvalue weighted by molar-refractivity contribution is -0.153. The molecule has 126 valence electrons. The van der Waals surface area contributed by atoms with Crippen LogP contribution in [0.3, 0.4) is 0 Å². The van der Waals surface area contributed by atoms with E-state index in [0.29, 0.717) is 23.6 Å². The van der Waals surface area contributed by atoms with Gasteiger partial charge in [-0.2, -0.15) is 0 Å². The van der Waals surface area contributed by atoms with Gasteiger partial charge in [-0.05, 0) is 36.8 Å². The Morgan fingerprint density at radius 2 is 1.83 bits per heavy atom. The average molecular weight is 346 g/mol. The normalized spacial score (nSPS) is 11.4. The molecule has 0 radical (unpaired) electrons. The number of thiocarbonyl (C=S) groups is 1. The van der Waals surface area contributed by atoms with Crippen LogP contribution in [0.5, 0.6) is 5.75 Å². The van der Waals surface area contributed by atoms with Crippen LogP contribution in [-0.4, -0.2) is 22.8 Å². The van der Waals surface area contributed by atoms with Crippen molar-refractivity contribution in [1.29, 1.82) is 0 Å². The third-order valence-electron chi connectivity index (χ3n) is 3.10. The van der Waals surface area contributed by atoms with Crippen LogP contribution in [0.4, 0.5) is 5.69 Å². The van der Waals surface area contributed by atoms with Crippen LogP contribution in [0.15, 0.2) is 54.6 Å². The van der Waals surface area contributed by atoms with Gasteiger partial charge in [-0.15, -0.1) is 5.06 Å². The highest BCUT2D eigenvalue weighted by molar-refractivity contribution is 7.80. The van der Waals surface area contributed by atoms with E-state index < -0.39 is 12.1 Å². The summed E-state index contributed by atoms with van der Waals surface area (Å²) in [5.74, 6) is -0.449. The number of ether oxygens (including phenoxy) is 1. The Morgan fingerprint density at radius 1 is 1.21 bits per heavy atom. The van der Waals surface area contributed by atoms with E-state index in [-0.39, 0.29) is 5.11 Å². The Morgan fingerprint density at radius 3 is 2.46 bits per heavy atom. The number of hydrogen-bond acceptors (Lipinski definition) is 5. The molecule has 0 aromatic heterocycles. The molecule has 1 atom stereocenters. The maximum atomic E-state index is 12.2. The lowest BCUT2D eigenvalue weighted by Gasteiger charge is -2.24. The Hall–Kier alpha value is -2.64. The second-order valence-corrected chi connectivity index (χ2v) is 5.18. The molecule has 24 heavy (non-hydrogen) atoms. The molecular weight excluding hydrogens is 328 g/mol. The minimum Gasteiger partial charge on any atom is -0.492 e. The van der Waals surface area contributed by atoms with E-state index in [9.17, 15) is 9.90 Å². The molecule has 7 heteroatoms. The van der Waals surface area contributed by atoms with Crippen LogP contribution in [0.2, 0.25) is 0 Å². The van der Waals surface area contributed by atoms with Crippen LogP contribution >= 0.6 is 12.2 Å². The molecule has 0 bridgehead atoms. The fraction of sp³-hybridized carbons (Fsp3) is 0.176. The van der Waals surface area contributed by atoms with Gasteiger partial charge < -0.3 is 20.4 Å². The van der Waals surface area contributed by atoms with Crippen molar-refractivity contribution in [2.75, 3.05) is 11.7 Å². The van der Waals surface area contributed by atoms with Crippen LogP contribution in [0.1, 0.15) is 18.6 Å². The summed E-state index contributed by atoms with van der Waals surface area (Å²) in [6.45, 7) is 2.25. The number of hydrogen-bond donors (Lipinski definition) is 2. The van der Waals surface area contributed by atoms with Gasteiger partial charge in [0.15, 0.2) is 6.10 Å². The number of benzene rings is 2. The highest BCUT2D eigenvalue weighted by Crippen LogP contribution is 2.29. The molecule has 3 N–H and O–H groups in total. The Balaban J connectivity index is 2.23. The maximum absolute atomic E-state index is 12.2. The summed E-state index contributed by atoms with van der Waals surface area (Å²) in [4.78, 5) is 17.4. The lowest BCUT2D eigenvalue weighted by atomic mass is 10.1. The van der Waals surface area contributed by atoms with Gasteiger partial charge in [0, 0.05) is 0 Å². The summed E-state index contributed by atoms with van der Waals surface area (Å²) in [7, 11) is 0. The zero-order chi connectivity index (χ0) is 17.5. The van der Waals surface area contributed by atoms with Gasteiger partial charge >= 0.3 is 5.97 Å². The first kappa shape index (κ1) is 17.7. The quantitative estimate of drug-likeness (QED) is 0.635. The van der Waals surface area contributed by atoms with Gasteiger partial charge in [0.1, 0.15) is 11.4 Å². The molecule has 0 saturated heterocycles. The van der Waals surface area contributed by atoms with E-state index >= 15 is 0 Å². The van der Waals surface area contributed by atoms with E-state index in [4.69, 9.17) is 27.5 Å². The predicted octanol–water partition coefficient (Wildman–Crippen LogP) is 2.33. The zero-order valence-corrected chi connectivity index (χ0v) is 13.9. The number of aliphatic hydroxyl groups excluding tert-OH is 1. The largest absolute Gasteiger partial charge is 0.492 e. The van der Waals surface area contributed by atoms with E-state index in [2.05, 4.69) is 0 Å². The molecule has 0 heterocycles. The van der Waals surface area contributed by atoms with Crippen molar-refractivity contribution in [3.05, 3.63) is 60.2 Å². The molecule has 6 nitrogen and oxygen atoms in total. The molecule has 1 unspecified atom stereocenters. The summed E-state index contributed by atoms with van der Waals surface area (Å²) < 4.78 is 5.48. The first-order chi connectivity index (χ1) is 11.5. The Labute approximate surface area is 145 Å². The summed E-state index contributed by atoms with van der Waals surface area (Å²) >= 11 is 4.95. The fourth-order valence-electron chi connectivity index (χ4n) is 2.03. The molecule has 0 saturated carbocycles. The minimum absolute atomic E-state index is 0.184. The fourth-order valence-corrected chi connectivity index (χ4v) is 2.16. The van der Waals surface area contributed by atoms with Crippen molar-refractivity contribution < 1.29 is 19.5 Å². The molecule has 0 aliphatic heterocycles. The topological polar surface area (TPSA) is 85.0 Å². The van der Waals surface area contributed by atoms with Crippen LogP contribution in [0, 0.1) is 0 Å². The molecule has 2 rings (SSSR count). The maximum Gasteiger partial charge on any atom is 0.365 e. The van der Waals surface area contributed by atoms with Gasteiger partial charge in [-0.25, -0.2) is 4.79 Å².